The van der Waals surface area contributed by atoms with E-state index in [2.05, 4.69) is 25.5 Å². The zero-order valence-electron chi connectivity index (χ0n) is 11.8. The topological polar surface area (TPSA) is 89.6 Å². The number of hydrogen-bond acceptors (Lipinski definition) is 6. The first-order chi connectivity index (χ1) is 10.6. The minimum atomic E-state index is -0.500. The second-order valence-electron chi connectivity index (χ2n) is 4.05. The van der Waals surface area contributed by atoms with E-state index in [1.54, 1.807) is 0 Å². The number of aryl methyl sites for hydroxylation is 1. The van der Waals surface area contributed by atoms with E-state index >= 15 is 0 Å². The van der Waals surface area contributed by atoms with E-state index in [4.69, 9.17) is 27.6 Å². The van der Waals surface area contributed by atoms with E-state index in [0.717, 1.165) is 0 Å². The predicted molar refractivity (Wildman–Crippen MR) is 82.7 cm³/mol. The molecule has 0 bridgehead atoms. The van der Waals surface area contributed by atoms with Gasteiger partial charge in [-0.2, -0.15) is 0 Å². The normalized spacial score (nSPS) is 10.9. The number of halogens is 2. The van der Waals surface area contributed by atoms with Crippen LogP contribution >= 0.6 is 23.2 Å². The molecule has 0 atom stereocenters. The number of anilines is 1. The van der Waals surface area contributed by atoms with Crippen molar-refractivity contribution in [1.29, 1.82) is 0 Å². The number of rotatable bonds is 5. The SMILES string of the molecule is CCc1nnc(NC(=O)c2ccc(Cl)c(C=NOC)c2Cl)o1. The number of nitrogens with zero attached hydrogens (tertiary/aromatic N) is 3. The summed E-state index contributed by atoms with van der Waals surface area (Å²) in [5.74, 6) is -0.0783. The summed E-state index contributed by atoms with van der Waals surface area (Å²) in [6.07, 6.45) is 1.89. The number of carbonyl (C=O) groups excluding carboxylic acids is 1. The second kappa shape index (κ2) is 7.24. The van der Waals surface area contributed by atoms with Gasteiger partial charge >= 0.3 is 6.01 Å². The zero-order valence-corrected chi connectivity index (χ0v) is 13.3. The fourth-order valence-electron chi connectivity index (χ4n) is 1.58. The molecule has 116 valence electrons. The third kappa shape index (κ3) is 3.55. The van der Waals surface area contributed by atoms with Crippen molar-refractivity contribution in [3.05, 3.63) is 39.2 Å². The molecule has 2 aromatic rings. The summed E-state index contributed by atoms with van der Waals surface area (Å²) in [5, 5.41) is 14.0. The molecular formula is C13H12Cl2N4O3. The van der Waals surface area contributed by atoms with Crippen molar-refractivity contribution in [1.82, 2.24) is 10.2 Å². The third-order valence-electron chi connectivity index (χ3n) is 2.65. The number of aromatic nitrogens is 2. The molecule has 0 fully saturated rings. The van der Waals surface area contributed by atoms with Crippen molar-refractivity contribution in [2.45, 2.75) is 13.3 Å². The van der Waals surface area contributed by atoms with Gasteiger partial charge in [0.1, 0.15) is 7.11 Å². The van der Waals surface area contributed by atoms with Gasteiger partial charge in [0.15, 0.2) is 0 Å². The first-order valence-electron chi connectivity index (χ1n) is 6.25. The molecule has 0 spiro atoms. The lowest BCUT2D eigenvalue weighted by atomic mass is 10.1. The quantitative estimate of drug-likeness (QED) is 0.665. The molecule has 2 rings (SSSR count). The lowest BCUT2D eigenvalue weighted by molar-refractivity contribution is 0.102. The van der Waals surface area contributed by atoms with Crippen molar-refractivity contribution in [3.63, 3.8) is 0 Å². The van der Waals surface area contributed by atoms with E-state index in [1.807, 2.05) is 6.92 Å². The Morgan fingerprint density at radius 2 is 2.23 bits per heavy atom. The van der Waals surface area contributed by atoms with Crippen molar-refractivity contribution >= 4 is 41.3 Å². The Balaban J connectivity index is 2.27. The van der Waals surface area contributed by atoms with E-state index in [0.29, 0.717) is 22.9 Å². The molecule has 0 saturated heterocycles. The Bertz CT molecular complexity index is 715. The van der Waals surface area contributed by atoms with Gasteiger partial charge in [-0.05, 0) is 12.1 Å². The largest absolute Gasteiger partial charge is 0.408 e. The molecule has 0 saturated carbocycles. The van der Waals surface area contributed by atoms with E-state index in [1.165, 1.54) is 25.5 Å². The van der Waals surface area contributed by atoms with Gasteiger partial charge in [-0.3, -0.25) is 10.1 Å². The summed E-state index contributed by atoms with van der Waals surface area (Å²) in [4.78, 5) is 16.8. The van der Waals surface area contributed by atoms with Crippen LogP contribution in [0, 0.1) is 0 Å². The van der Waals surface area contributed by atoms with E-state index in [9.17, 15) is 4.79 Å². The second-order valence-corrected chi connectivity index (χ2v) is 4.83. The minimum absolute atomic E-state index is 0.0000229. The van der Waals surface area contributed by atoms with Gasteiger partial charge in [0, 0.05) is 12.0 Å². The molecular weight excluding hydrogens is 331 g/mol. The van der Waals surface area contributed by atoms with Crippen molar-refractivity contribution in [2.75, 3.05) is 12.4 Å². The monoisotopic (exact) mass is 342 g/mol. The Hall–Kier alpha value is -2.12. The Morgan fingerprint density at radius 3 is 2.86 bits per heavy atom. The van der Waals surface area contributed by atoms with E-state index in [-0.39, 0.29) is 16.6 Å². The lowest BCUT2D eigenvalue weighted by Crippen LogP contribution is -2.13. The molecule has 1 aromatic heterocycles. The molecule has 7 nitrogen and oxygen atoms in total. The predicted octanol–water partition coefficient (Wildman–Crippen LogP) is 3.17. The maximum Gasteiger partial charge on any atom is 0.322 e. The van der Waals surface area contributed by atoms with Crippen LogP contribution in [0.1, 0.15) is 28.7 Å². The number of oxime groups is 1. The van der Waals surface area contributed by atoms with Crippen LogP contribution < -0.4 is 5.32 Å². The molecule has 1 N–H and O–H groups in total. The number of hydrogen-bond donors (Lipinski definition) is 1. The number of carbonyl (C=O) groups is 1. The molecule has 0 aliphatic heterocycles. The van der Waals surface area contributed by atoms with E-state index < -0.39 is 5.91 Å². The van der Waals surface area contributed by atoms with Gasteiger partial charge in [-0.1, -0.05) is 40.4 Å². The molecule has 0 unspecified atom stereocenters. The molecule has 1 heterocycles. The van der Waals surface area contributed by atoms with Crippen molar-refractivity contribution < 1.29 is 14.0 Å². The molecule has 0 aliphatic rings. The average Bonchev–Trinajstić information content (AvgIpc) is 2.94. The zero-order chi connectivity index (χ0) is 16.1. The summed E-state index contributed by atoms with van der Waals surface area (Å²) < 4.78 is 5.21. The molecule has 1 amide bonds. The molecule has 22 heavy (non-hydrogen) atoms. The molecule has 1 aromatic carbocycles. The van der Waals surface area contributed by atoms with Gasteiger partial charge in [0.25, 0.3) is 5.91 Å². The Labute approximate surface area is 136 Å². The maximum atomic E-state index is 12.2. The van der Waals surface area contributed by atoms with Crippen LogP contribution in [-0.2, 0) is 11.3 Å². The molecule has 0 aliphatic carbocycles. The van der Waals surface area contributed by atoms with Crippen LogP contribution in [0.3, 0.4) is 0 Å². The standard InChI is InChI=1S/C13H12Cl2N4O3/c1-3-10-18-19-13(22-10)17-12(20)7-4-5-9(14)8(11(7)15)6-16-21-2/h4-6H,3H2,1-2H3,(H,17,19,20). The van der Waals surface area contributed by atoms with Crippen molar-refractivity contribution in [3.8, 4) is 0 Å². The van der Waals surface area contributed by atoms with Gasteiger partial charge in [0.2, 0.25) is 5.89 Å². The first-order valence-corrected chi connectivity index (χ1v) is 7.00. The van der Waals surface area contributed by atoms with Crippen molar-refractivity contribution in [2.24, 2.45) is 5.16 Å². The highest BCUT2D eigenvalue weighted by Gasteiger charge is 2.17. The minimum Gasteiger partial charge on any atom is -0.408 e. The third-order valence-corrected chi connectivity index (χ3v) is 3.38. The van der Waals surface area contributed by atoms with Gasteiger partial charge < -0.3 is 9.25 Å². The van der Waals surface area contributed by atoms with Gasteiger partial charge in [0.05, 0.1) is 21.8 Å². The summed E-state index contributed by atoms with van der Waals surface area (Å²) >= 11 is 12.2. The highest BCUT2D eigenvalue weighted by atomic mass is 35.5. The van der Waals surface area contributed by atoms with Gasteiger partial charge in [-0.25, -0.2) is 0 Å². The average molecular weight is 343 g/mol. The Kier molecular flexibility index (Phi) is 5.35. The summed E-state index contributed by atoms with van der Waals surface area (Å²) in [6, 6.07) is 3.02. The van der Waals surface area contributed by atoms with Crippen LogP contribution in [0.2, 0.25) is 10.0 Å². The molecule has 0 radical (unpaired) electrons. The summed E-state index contributed by atoms with van der Waals surface area (Å²) in [6.45, 7) is 1.86. The maximum absolute atomic E-state index is 12.2. The highest BCUT2D eigenvalue weighted by molar-refractivity contribution is 6.40. The van der Waals surface area contributed by atoms with Crippen LogP contribution in [0.4, 0.5) is 6.01 Å². The van der Waals surface area contributed by atoms with Crippen LogP contribution in [-0.4, -0.2) is 29.4 Å². The van der Waals surface area contributed by atoms with Gasteiger partial charge in [-0.15, -0.1) is 5.10 Å². The Morgan fingerprint density at radius 1 is 1.45 bits per heavy atom. The lowest BCUT2D eigenvalue weighted by Gasteiger charge is -2.07. The fraction of sp³-hybridized carbons (Fsp3) is 0.231. The summed E-state index contributed by atoms with van der Waals surface area (Å²) in [7, 11) is 1.38. The van der Waals surface area contributed by atoms with Crippen LogP contribution in [0.5, 0.6) is 0 Å². The first kappa shape index (κ1) is 16.3. The number of benzene rings is 1. The fourth-order valence-corrected chi connectivity index (χ4v) is 2.13. The number of nitrogens with one attached hydrogen (secondary N) is 1. The molecule has 9 heteroatoms. The smallest absolute Gasteiger partial charge is 0.322 e. The van der Waals surface area contributed by atoms with Crippen LogP contribution in [0.25, 0.3) is 0 Å². The highest BCUT2D eigenvalue weighted by Crippen LogP contribution is 2.27. The number of amides is 1. The summed E-state index contributed by atoms with van der Waals surface area (Å²) in [5.41, 5.74) is 0.567. The van der Waals surface area contributed by atoms with Crippen LogP contribution in [0.15, 0.2) is 21.7 Å².